The number of benzene rings is 1. The first-order valence-corrected chi connectivity index (χ1v) is 9.49. The predicted octanol–water partition coefficient (Wildman–Crippen LogP) is 1.28. The fourth-order valence-electron chi connectivity index (χ4n) is 3.41. The van der Waals surface area contributed by atoms with Gasteiger partial charge in [-0.05, 0) is 18.2 Å². The van der Waals surface area contributed by atoms with Crippen LogP contribution in [0.2, 0.25) is 0 Å². The standard InChI is InChI=1S/C22H22N6O2/c1-27(2)20-16-8-11-24-18(23)17(16)25-19(26-20)15-6-4-5-14(13-15)7-9-22(30)10-12-28(3)21(22)29/h4-6,8,11,13,30H,10,12H2,1-3H3,(H2,23,24)/t22-/m0/s1. The summed E-state index contributed by atoms with van der Waals surface area (Å²) >= 11 is 0. The maximum atomic E-state index is 12.1. The van der Waals surface area contributed by atoms with E-state index in [-0.39, 0.29) is 5.91 Å². The van der Waals surface area contributed by atoms with Crippen LogP contribution in [-0.2, 0) is 4.79 Å². The maximum absolute atomic E-state index is 12.1. The van der Waals surface area contributed by atoms with Gasteiger partial charge in [-0.15, -0.1) is 0 Å². The highest BCUT2D eigenvalue weighted by Gasteiger charge is 2.42. The van der Waals surface area contributed by atoms with E-state index in [4.69, 9.17) is 10.7 Å². The van der Waals surface area contributed by atoms with Crippen LogP contribution in [-0.4, -0.2) is 64.2 Å². The first-order valence-electron chi connectivity index (χ1n) is 9.49. The quantitative estimate of drug-likeness (QED) is 0.622. The first kappa shape index (κ1) is 19.6. The average Bonchev–Trinajstić information content (AvgIpc) is 3.00. The van der Waals surface area contributed by atoms with Crippen molar-refractivity contribution in [2.45, 2.75) is 12.0 Å². The summed E-state index contributed by atoms with van der Waals surface area (Å²) in [4.78, 5) is 29.0. The zero-order valence-electron chi connectivity index (χ0n) is 17.0. The van der Waals surface area contributed by atoms with Gasteiger partial charge in [-0.3, -0.25) is 4.79 Å². The van der Waals surface area contributed by atoms with E-state index in [1.807, 2.05) is 49.3 Å². The number of carbonyl (C=O) groups excluding carboxylic acids is 1. The second kappa shape index (κ2) is 7.28. The Morgan fingerprint density at radius 3 is 2.77 bits per heavy atom. The van der Waals surface area contributed by atoms with Gasteiger partial charge in [0.15, 0.2) is 5.82 Å². The molecule has 1 amide bonds. The van der Waals surface area contributed by atoms with Crippen molar-refractivity contribution in [1.29, 1.82) is 0 Å². The number of nitrogens with zero attached hydrogens (tertiary/aromatic N) is 5. The van der Waals surface area contributed by atoms with Crippen LogP contribution >= 0.6 is 0 Å². The minimum atomic E-state index is -1.64. The number of pyridine rings is 1. The number of rotatable bonds is 2. The molecule has 1 aromatic carbocycles. The van der Waals surface area contributed by atoms with Crippen molar-refractivity contribution < 1.29 is 9.90 Å². The highest BCUT2D eigenvalue weighted by molar-refractivity contribution is 5.96. The van der Waals surface area contributed by atoms with Gasteiger partial charge in [0.05, 0.1) is 0 Å². The van der Waals surface area contributed by atoms with Crippen LogP contribution in [0.5, 0.6) is 0 Å². The molecule has 1 atom stereocenters. The van der Waals surface area contributed by atoms with E-state index in [0.29, 0.717) is 35.7 Å². The van der Waals surface area contributed by atoms with Gasteiger partial charge in [-0.25, -0.2) is 15.0 Å². The maximum Gasteiger partial charge on any atom is 0.267 e. The number of hydrogen-bond donors (Lipinski definition) is 2. The zero-order valence-corrected chi connectivity index (χ0v) is 17.0. The van der Waals surface area contributed by atoms with Crippen LogP contribution in [0.4, 0.5) is 11.6 Å². The highest BCUT2D eigenvalue weighted by Crippen LogP contribution is 2.29. The summed E-state index contributed by atoms with van der Waals surface area (Å²) in [5, 5.41) is 11.3. The van der Waals surface area contributed by atoms with E-state index in [2.05, 4.69) is 21.8 Å². The van der Waals surface area contributed by atoms with Gasteiger partial charge in [-0.1, -0.05) is 24.0 Å². The molecule has 1 fully saturated rings. The Morgan fingerprint density at radius 2 is 2.07 bits per heavy atom. The Hall–Kier alpha value is -3.70. The Balaban J connectivity index is 1.77. The predicted molar refractivity (Wildman–Crippen MR) is 116 cm³/mol. The van der Waals surface area contributed by atoms with Crippen LogP contribution in [0.3, 0.4) is 0 Å². The third-order valence-electron chi connectivity index (χ3n) is 5.09. The minimum Gasteiger partial charge on any atom is -0.382 e. The van der Waals surface area contributed by atoms with Crippen molar-refractivity contribution in [2.24, 2.45) is 0 Å². The van der Waals surface area contributed by atoms with E-state index in [1.165, 1.54) is 4.90 Å². The molecule has 0 spiro atoms. The molecular weight excluding hydrogens is 380 g/mol. The molecule has 8 nitrogen and oxygen atoms in total. The topological polar surface area (TPSA) is 108 Å². The largest absolute Gasteiger partial charge is 0.382 e. The van der Waals surface area contributed by atoms with Crippen LogP contribution in [0.1, 0.15) is 12.0 Å². The van der Waals surface area contributed by atoms with Crippen LogP contribution < -0.4 is 10.6 Å². The van der Waals surface area contributed by atoms with E-state index in [1.54, 1.807) is 13.2 Å². The van der Waals surface area contributed by atoms with Gasteiger partial charge in [-0.2, -0.15) is 0 Å². The van der Waals surface area contributed by atoms with Gasteiger partial charge in [0, 0.05) is 56.8 Å². The number of aromatic nitrogens is 3. The SMILES string of the molecule is CN1CC[C@@](O)(C#Cc2cccc(-c3nc(N(C)C)c4ccnc(N)c4n3)c2)C1=O. The van der Waals surface area contributed by atoms with E-state index in [9.17, 15) is 9.90 Å². The molecule has 3 N–H and O–H groups in total. The Morgan fingerprint density at radius 1 is 1.27 bits per heavy atom. The normalized spacial score (nSPS) is 18.4. The molecular formula is C22H22N6O2. The molecule has 0 radical (unpaired) electrons. The molecule has 3 aromatic rings. The Kier molecular flexibility index (Phi) is 4.76. The second-order valence-electron chi connectivity index (χ2n) is 7.53. The molecule has 152 valence electrons. The van der Waals surface area contributed by atoms with Gasteiger partial charge in [0.2, 0.25) is 5.60 Å². The summed E-state index contributed by atoms with van der Waals surface area (Å²) < 4.78 is 0. The summed E-state index contributed by atoms with van der Waals surface area (Å²) in [5.74, 6) is 6.84. The summed E-state index contributed by atoms with van der Waals surface area (Å²) in [6, 6.07) is 9.19. The van der Waals surface area contributed by atoms with Gasteiger partial charge >= 0.3 is 0 Å². The molecule has 0 saturated carbocycles. The summed E-state index contributed by atoms with van der Waals surface area (Å²) in [6.07, 6.45) is 1.93. The molecule has 3 heterocycles. The lowest BCUT2D eigenvalue weighted by Crippen LogP contribution is -2.37. The Bertz CT molecular complexity index is 1210. The average molecular weight is 402 g/mol. The minimum absolute atomic E-state index is 0.293. The molecule has 30 heavy (non-hydrogen) atoms. The number of nitrogen functional groups attached to an aromatic ring is 1. The lowest BCUT2D eigenvalue weighted by atomic mass is 10.0. The number of amides is 1. The fourth-order valence-corrected chi connectivity index (χ4v) is 3.41. The monoisotopic (exact) mass is 402 g/mol. The van der Waals surface area contributed by atoms with E-state index >= 15 is 0 Å². The van der Waals surface area contributed by atoms with Gasteiger partial charge in [0.1, 0.15) is 17.2 Å². The third kappa shape index (κ3) is 3.40. The molecule has 0 unspecified atom stereocenters. The number of hydrogen-bond acceptors (Lipinski definition) is 7. The summed E-state index contributed by atoms with van der Waals surface area (Å²) in [7, 11) is 5.46. The summed E-state index contributed by atoms with van der Waals surface area (Å²) in [5.41, 5.74) is 6.39. The zero-order chi connectivity index (χ0) is 21.5. The van der Waals surface area contributed by atoms with Crippen molar-refractivity contribution in [2.75, 3.05) is 38.3 Å². The van der Waals surface area contributed by atoms with Crippen LogP contribution in [0.25, 0.3) is 22.3 Å². The molecule has 0 bridgehead atoms. The van der Waals surface area contributed by atoms with Crippen LogP contribution in [0.15, 0.2) is 36.5 Å². The lowest BCUT2D eigenvalue weighted by molar-refractivity contribution is -0.137. The number of aliphatic hydroxyl groups is 1. The number of carbonyl (C=O) groups is 1. The van der Waals surface area contributed by atoms with Gasteiger partial charge < -0.3 is 20.6 Å². The van der Waals surface area contributed by atoms with Crippen molar-refractivity contribution in [1.82, 2.24) is 19.9 Å². The van der Waals surface area contributed by atoms with Crippen molar-refractivity contribution in [3.63, 3.8) is 0 Å². The molecule has 1 aliphatic rings. The third-order valence-corrected chi connectivity index (χ3v) is 5.09. The molecule has 1 saturated heterocycles. The van der Waals surface area contributed by atoms with E-state index in [0.717, 1.165) is 16.8 Å². The molecule has 0 aliphatic carbocycles. The number of likely N-dealkylation sites (N-methyl/N-ethyl adjacent to an activating group) is 1. The number of anilines is 2. The smallest absolute Gasteiger partial charge is 0.267 e. The highest BCUT2D eigenvalue weighted by atomic mass is 16.3. The summed E-state index contributed by atoms with van der Waals surface area (Å²) in [6.45, 7) is 0.484. The van der Waals surface area contributed by atoms with Gasteiger partial charge in [0.25, 0.3) is 5.91 Å². The first-order chi connectivity index (χ1) is 14.3. The lowest BCUT2D eigenvalue weighted by Gasteiger charge is -2.16. The Labute approximate surface area is 174 Å². The van der Waals surface area contributed by atoms with E-state index < -0.39 is 5.60 Å². The number of fused-ring (bicyclic) bond motifs is 1. The van der Waals surface area contributed by atoms with Crippen molar-refractivity contribution in [3.8, 4) is 23.2 Å². The molecule has 2 aromatic heterocycles. The van der Waals surface area contributed by atoms with Crippen molar-refractivity contribution in [3.05, 3.63) is 42.1 Å². The number of likely N-dealkylation sites (tertiary alicyclic amines) is 1. The second-order valence-corrected chi connectivity index (χ2v) is 7.53. The number of nitrogens with two attached hydrogens (primary N) is 1. The molecule has 8 heteroatoms. The molecule has 1 aliphatic heterocycles. The van der Waals surface area contributed by atoms with Crippen LogP contribution in [0, 0.1) is 11.8 Å². The van der Waals surface area contributed by atoms with Crippen molar-refractivity contribution >= 4 is 28.4 Å². The fraction of sp³-hybridized carbons (Fsp3) is 0.273. The molecule has 4 rings (SSSR count).